The molecule has 0 radical (unpaired) electrons. The molecule has 1 aromatic heterocycles. The molecule has 1 atom stereocenters. The standard InChI is InChI=1S/C16H17N3O2/c17-15-13(6-3-7-18-15)10-19-9-12-5-2-1-4-11(12)8-14(19)16(20)21/h1-7,14H,8-10H2,(H2,17,18)(H,20,21). The summed E-state index contributed by atoms with van der Waals surface area (Å²) in [6.07, 6.45) is 2.16. The summed E-state index contributed by atoms with van der Waals surface area (Å²) in [5, 5.41) is 9.49. The van der Waals surface area contributed by atoms with Gasteiger partial charge in [0.25, 0.3) is 0 Å². The summed E-state index contributed by atoms with van der Waals surface area (Å²) in [6, 6.07) is 11.2. The van der Waals surface area contributed by atoms with Crippen molar-refractivity contribution in [1.29, 1.82) is 0 Å². The maximum atomic E-state index is 11.6. The number of rotatable bonds is 3. The molecule has 5 nitrogen and oxygen atoms in total. The van der Waals surface area contributed by atoms with E-state index in [1.807, 2.05) is 41.3 Å². The molecule has 3 N–H and O–H groups in total. The van der Waals surface area contributed by atoms with Gasteiger partial charge in [-0.15, -0.1) is 0 Å². The first-order valence-electron chi connectivity index (χ1n) is 6.88. The zero-order chi connectivity index (χ0) is 14.8. The van der Waals surface area contributed by atoms with Crippen LogP contribution in [0.25, 0.3) is 0 Å². The van der Waals surface area contributed by atoms with Crippen molar-refractivity contribution in [1.82, 2.24) is 9.88 Å². The fourth-order valence-corrected chi connectivity index (χ4v) is 2.79. The molecule has 0 saturated heterocycles. The van der Waals surface area contributed by atoms with Crippen LogP contribution in [0.1, 0.15) is 16.7 Å². The Morgan fingerprint density at radius 2 is 2.05 bits per heavy atom. The molecule has 0 spiro atoms. The number of anilines is 1. The van der Waals surface area contributed by atoms with E-state index < -0.39 is 12.0 Å². The minimum Gasteiger partial charge on any atom is -0.480 e. The Hall–Kier alpha value is -2.40. The summed E-state index contributed by atoms with van der Waals surface area (Å²) in [5.41, 5.74) is 9.02. The number of aromatic nitrogens is 1. The van der Waals surface area contributed by atoms with Gasteiger partial charge in [0.05, 0.1) is 0 Å². The second-order valence-corrected chi connectivity index (χ2v) is 5.28. The van der Waals surface area contributed by atoms with E-state index in [2.05, 4.69) is 4.98 Å². The largest absolute Gasteiger partial charge is 0.480 e. The van der Waals surface area contributed by atoms with E-state index in [0.717, 1.165) is 11.1 Å². The van der Waals surface area contributed by atoms with Crippen LogP contribution in [0.15, 0.2) is 42.6 Å². The number of carboxylic acid groups (broad SMARTS) is 1. The van der Waals surface area contributed by atoms with Gasteiger partial charge in [-0.3, -0.25) is 9.69 Å². The third-order valence-corrected chi connectivity index (χ3v) is 3.93. The molecule has 3 rings (SSSR count). The first-order chi connectivity index (χ1) is 10.1. The molecule has 2 aromatic rings. The van der Waals surface area contributed by atoms with E-state index in [1.54, 1.807) is 6.20 Å². The number of fused-ring (bicyclic) bond motifs is 1. The number of nitrogen functional groups attached to an aromatic ring is 1. The maximum Gasteiger partial charge on any atom is 0.321 e. The average molecular weight is 283 g/mol. The van der Waals surface area contributed by atoms with Gasteiger partial charge in [0, 0.05) is 24.8 Å². The minimum atomic E-state index is -0.799. The molecular weight excluding hydrogens is 266 g/mol. The smallest absolute Gasteiger partial charge is 0.321 e. The van der Waals surface area contributed by atoms with E-state index in [-0.39, 0.29) is 0 Å². The van der Waals surface area contributed by atoms with Crippen molar-refractivity contribution in [2.75, 3.05) is 5.73 Å². The molecule has 0 amide bonds. The van der Waals surface area contributed by atoms with Crippen molar-refractivity contribution in [3.05, 3.63) is 59.3 Å². The molecule has 0 aliphatic carbocycles. The quantitative estimate of drug-likeness (QED) is 0.896. The molecule has 5 heteroatoms. The highest BCUT2D eigenvalue weighted by atomic mass is 16.4. The monoisotopic (exact) mass is 283 g/mol. The number of hydrogen-bond acceptors (Lipinski definition) is 4. The number of benzene rings is 1. The number of hydrogen-bond donors (Lipinski definition) is 2. The first kappa shape index (κ1) is 13.6. The van der Waals surface area contributed by atoms with Gasteiger partial charge in [-0.05, 0) is 23.6 Å². The van der Waals surface area contributed by atoms with E-state index in [0.29, 0.717) is 25.3 Å². The lowest BCUT2D eigenvalue weighted by atomic mass is 9.93. The Morgan fingerprint density at radius 3 is 2.76 bits per heavy atom. The zero-order valence-corrected chi connectivity index (χ0v) is 11.6. The van der Waals surface area contributed by atoms with Gasteiger partial charge in [-0.1, -0.05) is 30.3 Å². The van der Waals surface area contributed by atoms with E-state index in [1.165, 1.54) is 5.56 Å². The summed E-state index contributed by atoms with van der Waals surface area (Å²) in [4.78, 5) is 17.6. The molecule has 21 heavy (non-hydrogen) atoms. The van der Waals surface area contributed by atoms with Crippen molar-refractivity contribution in [3.63, 3.8) is 0 Å². The molecular formula is C16H17N3O2. The molecule has 1 aliphatic rings. The normalized spacial score (nSPS) is 18.2. The summed E-state index contributed by atoms with van der Waals surface area (Å²) >= 11 is 0. The average Bonchev–Trinajstić information content (AvgIpc) is 2.48. The number of pyridine rings is 1. The van der Waals surface area contributed by atoms with Crippen LogP contribution in [-0.2, 0) is 24.3 Å². The Kier molecular flexibility index (Phi) is 3.58. The van der Waals surface area contributed by atoms with Gasteiger partial charge in [0.2, 0.25) is 0 Å². The highest BCUT2D eigenvalue weighted by Crippen LogP contribution is 2.25. The van der Waals surface area contributed by atoms with E-state index in [9.17, 15) is 9.90 Å². The lowest BCUT2D eigenvalue weighted by molar-refractivity contribution is -0.144. The summed E-state index contributed by atoms with van der Waals surface area (Å²) in [5.74, 6) is -0.340. The predicted molar refractivity (Wildman–Crippen MR) is 79.5 cm³/mol. The van der Waals surface area contributed by atoms with Crippen LogP contribution in [0.4, 0.5) is 5.82 Å². The fourth-order valence-electron chi connectivity index (χ4n) is 2.79. The van der Waals surface area contributed by atoms with Crippen molar-refractivity contribution >= 4 is 11.8 Å². The molecule has 108 valence electrons. The number of nitrogens with zero attached hydrogens (tertiary/aromatic N) is 2. The Labute approximate surface area is 123 Å². The molecule has 1 aromatic carbocycles. The Bertz CT molecular complexity index is 672. The van der Waals surface area contributed by atoms with Crippen LogP contribution in [0.2, 0.25) is 0 Å². The van der Waals surface area contributed by atoms with Crippen molar-refractivity contribution in [2.24, 2.45) is 0 Å². The summed E-state index contributed by atoms with van der Waals surface area (Å²) in [7, 11) is 0. The molecule has 1 unspecified atom stereocenters. The number of nitrogens with two attached hydrogens (primary N) is 1. The maximum absolute atomic E-state index is 11.6. The predicted octanol–water partition coefficient (Wildman–Crippen LogP) is 1.68. The topological polar surface area (TPSA) is 79.5 Å². The van der Waals surface area contributed by atoms with E-state index in [4.69, 9.17) is 5.73 Å². The number of carboxylic acids is 1. The molecule has 1 aliphatic heterocycles. The molecule has 0 saturated carbocycles. The Morgan fingerprint density at radius 1 is 1.29 bits per heavy atom. The number of carbonyl (C=O) groups is 1. The fraction of sp³-hybridized carbons (Fsp3) is 0.250. The number of aliphatic carboxylic acids is 1. The lowest BCUT2D eigenvalue weighted by Crippen LogP contribution is -2.45. The SMILES string of the molecule is Nc1ncccc1CN1Cc2ccccc2CC1C(=O)O. The van der Waals surface area contributed by atoms with Crippen LogP contribution < -0.4 is 5.73 Å². The van der Waals surface area contributed by atoms with Gasteiger partial charge in [0.1, 0.15) is 11.9 Å². The van der Waals surface area contributed by atoms with Crippen LogP contribution in [0.3, 0.4) is 0 Å². The first-order valence-corrected chi connectivity index (χ1v) is 6.88. The van der Waals surface area contributed by atoms with Crippen LogP contribution in [-0.4, -0.2) is 27.0 Å². The lowest BCUT2D eigenvalue weighted by Gasteiger charge is -2.34. The third kappa shape index (κ3) is 2.73. The van der Waals surface area contributed by atoms with Gasteiger partial charge in [0.15, 0.2) is 0 Å². The van der Waals surface area contributed by atoms with Gasteiger partial charge < -0.3 is 10.8 Å². The van der Waals surface area contributed by atoms with Gasteiger partial charge >= 0.3 is 5.97 Å². The third-order valence-electron chi connectivity index (χ3n) is 3.93. The van der Waals surface area contributed by atoms with Crippen LogP contribution in [0, 0.1) is 0 Å². The van der Waals surface area contributed by atoms with Gasteiger partial charge in [-0.25, -0.2) is 4.98 Å². The molecule has 0 fully saturated rings. The second kappa shape index (κ2) is 5.54. The minimum absolute atomic E-state index is 0.459. The summed E-state index contributed by atoms with van der Waals surface area (Å²) < 4.78 is 0. The second-order valence-electron chi connectivity index (χ2n) is 5.28. The zero-order valence-electron chi connectivity index (χ0n) is 11.6. The van der Waals surface area contributed by atoms with Crippen LogP contribution >= 0.6 is 0 Å². The van der Waals surface area contributed by atoms with Crippen molar-refractivity contribution in [3.8, 4) is 0 Å². The molecule has 0 bridgehead atoms. The van der Waals surface area contributed by atoms with Crippen molar-refractivity contribution < 1.29 is 9.90 Å². The van der Waals surface area contributed by atoms with Crippen LogP contribution in [0.5, 0.6) is 0 Å². The Balaban J connectivity index is 1.89. The highest BCUT2D eigenvalue weighted by Gasteiger charge is 2.31. The summed E-state index contributed by atoms with van der Waals surface area (Å²) in [6.45, 7) is 1.10. The van der Waals surface area contributed by atoms with Crippen molar-refractivity contribution in [2.45, 2.75) is 25.6 Å². The van der Waals surface area contributed by atoms with E-state index >= 15 is 0 Å². The van der Waals surface area contributed by atoms with Gasteiger partial charge in [-0.2, -0.15) is 0 Å². The molecule has 2 heterocycles. The highest BCUT2D eigenvalue weighted by molar-refractivity contribution is 5.74.